The van der Waals surface area contributed by atoms with Crippen molar-refractivity contribution in [1.82, 2.24) is 0 Å². The highest BCUT2D eigenvalue weighted by atomic mass is 32.2. The number of anilines is 1. The molecule has 0 unspecified atom stereocenters. The van der Waals surface area contributed by atoms with E-state index in [4.69, 9.17) is 9.52 Å². The van der Waals surface area contributed by atoms with Crippen molar-refractivity contribution in [3.8, 4) is 0 Å². The third-order valence-corrected chi connectivity index (χ3v) is 4.77. The molecule has 0 radical (unpaired) electrons. The Morgan fingerprint density at radius 3 is 2.68 bits per heavy atom. The standard InChI is InChI=1S/C16H17NO6S2/c1-25(21,22)10-13-5-6-14(23-13)16(20)17-12-4-2-3-11(7-12)8-24-9-15(18)19/h2-7H,8-10H2,1H3,(H,17,20)(H,18,19). The molecule has 0 atom stereocenters. The largest absolute Gasteiger partial charge is 0.481 e. The molecular weight excluding hydrogens is 366 g/mol. The topological polar surface area (TPSA) is 114 Å². The van der Waals surface area contributed by atoms with Gasteiger partial charge in [0.2, 0.25) is 0 Å². The van der Waals surface area contributed by atoms with E-state index in [1.54, 1.807) is 18.2 Å². The summed E-state index contributed by atoms with van der Waals surface area (Å²) in [5.41, 5.74) is 1.42. The van der Waals surface area contributed by atoms with Crippen molar-refractivity contribution >= 4 is 39.2 Å². The number of rotatable bonds is 8. The number of aliphatic carboxylic acids is 1. The van der Waals surface area contributed by atoms with Gasteiger partial charge in [-0.2, -0.15) is 0 Å². The van der Waals surface area contributed by atoms with Gasteiger partial charge in [0.15, 0.2) is 15.6 Å². The molecular formula is C16H17NO6S2. The lowest BCUT2D eigenvalue weighted by Gasteiger charge is -2.06. The minimum atomic E-state index is -3.24. The van der Waals surface area contributed by atoms with Gasteiger partial charge in [-0.25, -0.2) is 8.42 Å². The van der Waals surface area contributed by atoms with Gasteiger partial charge in [-0.05, 0) is 29.8 Å². The number of thioether (sulfide) groups is 1. The molecule has 0 aliphatic rings. The van der Waals surface area contributed by atoms with Crippen molar-refractivity contribution in [3.63, 3.8) is 0 Å². The first-order valence-electron chi connectivity index (χ1n) is 7.19. The summed E-state index contributed by atoms with van der Waals surface area (Å²) < 4.78 is 27.7. The summed E-state index contributed by atoms with van der Waals surface area (Å²) in [5.74, 6) is -0.902. The van der Waals surface area contributed by atoms with Crippen LogP contribution >= 0.6 is 11.8 Å². The van der Waals surface area contributed by atoms with Crippen LogP contribution in [0.5, 0.6) is 0 Å². The molecule has 1 aromatic carbocycles. The first-order chi connectivity index (χ1) is 11.7. The van der Waals surface area contributed by atoms with Crippen LogP contribution < -0.4 is 5.32 Å². The van der Waals surface area contributed by atoms with Crippen LogP contribution in [-0.4, -0.2) is 37.4 Å². The number of hydrogen-bond donors (Lipinski definition) is 2. The number of amides is 1. The third-order valence-electron chi connectivity index (χ3n) is 2.97. The first-order valence-corrected chi connectivity index (χ1v) is 10.4. The van der Waals surface area contributed by atoms with Crippen molar-refractivity contribution in [2.45, 2.75) is 11.5 Å². The smallest absolute Gasteiger partial charge is 0.313 e. The number of carbonyl (C=O) groups excluding carboxylic acids is 1. The minimum Gasteiger partial charge on any atom is -0.481 e. The second-order valence-electron chi connectivity index (χ2n) is 5.38. The van der Waals surface area contributed by atoms with Crippen molar-refractivity contribution < 1.29 is 27.5 Å². The van der Waals surface area contributed by atoms with Crippen molar-refractivity contribution in [1.29, 1.82) is 0 Å². The van der Waals surface area contributed by atoms with Crippen LogP contribution in [0.25, 0.3) is 0 Å². The van der Waals surface area contributed by atoms with Gasteiger partial charge >= 0.3 is 5.97 Å². The first kappa shape index (κ1) is 19.1. The van der Waals surface area contributed by atoms with Gasteiger partial charge in [0, 0.05) is 17.7 Å². The zero-order valence-electron chi connectivity index (χ0n) is 13.4. The van der Waals surface area contributed by atoms with E-state index in [2.05, 4.69) is 5.32 Å². The lowest BCUT2D eigenvalue weighted by atomic mass is 10.2. The summed E-state index contributed by atoms with van der Waals surface area (Å²) in [6, 6.07) is 9.90. The Morgan fingerprint density at radius 1 is 1.24 bits per heavy atom. The van der Waals surface area contributed by atoms with Crippen molar-refractivity contribution in [2.75, 3.05) is 17.3 Å². The summed E-state index contributed by atoms with van der Waals surface area (Å²) in [4.78, 5) is 22.7. The second kappa shape index (κ2) is 8.21. The summed E-state index contributed by atoms with van der Waals surface area (Å²) in [7, 11) is -3.24. The van der Waals surface area contributed by atoms with Crippen LogP contribution in [0.4, 0.5) is 5.69 Å². The quantitative estimate of drug-likeness (QED) is 0.719. The molecule has 1 aromatic heterocycles. The van der Waals surface area contributed by atoms with Gasteiger partial charge in [-0.1, -0.05) is 12.1 Å². The average Bonchev–Trinajstić information content (AvgIpc) is 2.93. The highest BCUT2D eigenvalue weighted by Crippen LogP contribution is 2.18. The Morgan fingerprint density at radius 2 is 2.00 bits per heavy atom. The monoisotopic (exact) mass is 383 g/mol. The van der Waals surface area contributed by atoms with E-state index in [0.29, 0.717) is 11.4 Å². The Hall–Kier alpha value is -2.26. The number of benzene rings is 1. The van der Waals surface area contributed by atoms with Gasteiger partial charge in [0.1, 0.15) is 11.5 Å². The predicted molar refractivity (Wildman–Crippen MR) is 95.4 cm³/mol. The Bertz CT molecular complexity index is 872. The van der Waals surface area contributed by atoms with E-state index < -0.39 is 21.7 Å². The van der Waals surface area contributed by atoms with Crippen LogP contribution in [0.2, 0.25) is 0 Å². The molecule has 0 saturated carbocycles. The van der Waals surface area contributed by atoms with E-state index in [-0.39, 0.29) is 23.0 Å². The molecule has 0 aliphatic carbocycles. The number of hydrogen-bond acceptors (Lipinski definition) is 6. The molecule has 0 bridgehead atoms. The lowest BCUT2D eigenvalue weighted by molar-refractivity contribution is -0.133. The Labute approximate surface area is 149 Å². The number of sulfone groups is 1. The zero-order chi connectivity index (χ0) is 18.4. The lowest BCUT2D eigenvalue weighted by Crippen LogP contribution is -2.11. The molecule has 0 fully saturated rings. The molecule has 2 aromatic rings. The maximum absolute atomic E-state index is 12.2. The van der Waals surface area contributed by atoms with Gasteiger partial charge in [0.05, 0.1) is 5.75 Å². The van der Waals surface area contributed by atoms with Crippen LogP contribution in [0.3, 0.4) is 0 Å². The zero-order valence-corrected chi connectivity index (χ0v) is 15.0. The van der Waals surface area contributed by atoms with E-state index in [0.717, 1.165) is 11.8 Å². The fraction of sp³-hybridized carbons (Fsp3) is 0.250. The molecule has 0 aliphatic heterocycles. The fourth-order valence-electron chi connectivity index (χ4n) is 2.02. The van der Waals surface area contributed by atoms with Crippen LogP contribution in [0.15, 0.2) is 40.8 Å². The van der Waals surface area contributed by atoms with Gasteiger partial charge in [0.25, 0.3) is 5.91 Å². The number of carbonyl (C=O) groups is 2. The summed E-state index contributed by atoms with van der Waals surface area (Å²) in [5, 5.41) is 11.3. The molecule has 9 heteroatoms. The maximum Gasteiger partial charge on any atom is 0.313 e. The minimum absolute atomic E-state index is 0.00605. The second-order valence-corrected chi connectivity index (χ2v) is 8.50. The predicted octanol–water partition coefficient (Wildman–Crippen LogP) is 2.39. The maximum atomic E-state index is 12.2. The Kier molecular flexibility index (Phi) is 6.27. The van der Waals surface area contributed by atoms with Gasteiger partial charge < -0.3 is 14.8 Å². The fourth-order valence-corrected chi connectivity index (χ4v) is 3.39. The van der Waals surface area contributed by atoms with Crippen molar-refractivity contribution in [2.24, 2.45) is 0 Å². The molecule has 0 saturated heterocycles. The SMILES string of the molecule is CS(=O)(=O)Cc1ccc(C(=O)Nc2cccc(CSCC(=O)O)c2)o1. The number of carboxylic acids is 1. The molecule has 7 nitrogen and oxygen atoms in total. The molecule has 134 valence electrons. The van der Waals surface area contributed by atoms with Gasteiger partial charge in [-0.15, -0.1) is 11.8 Å². The normalized spacial score (nSPS) is 11.2. The molecule has 1 heterocycles. The summed E-state index contributed by atoms with van der Waals surface area (Å²) in [6.45, 7) is 0. The van der Waals surface area contributed by atoms with E-state index in [1.165, 1.54) is 23.9 Å². The molecule has 1 amide bonds. The van der Waals surface area contributed by atoms with E-state index in [1.807, 2.05) is 6.07 Å². The third kappa shape index (κ3) is 6.63. The van der Waals surface area contributed by atoms with Gasteiger partial charge in [-0.3, -0.25) is 9.59 Å². The van der Waals surface area contributed by atoms with Crippen LogP contribution in [0, 0.1) is 0 Å². The Balaban J connectivity index is 1.99. The highest BCUT2D eigenvalue weighted by molar-refractivity contribution is 7.99. The van der Waals surface area contributed by atoms with Crippen molar-refractivity contribution in [3.05, 3.63) is 53.5 Å². The average molecular weight is 383 g/mol. The molecule has 2 N–H and O–H groups in total. The number of carboxylic acid groups (broad SMARTS) is 1. The number of furan rings is 1. The molecule has 0 spiro atoms. The number of nitrogens with one attached hydrogen (secondary N) is 1. The highest BCUT2D eigenvalue weighted by Gasteiger charge is 2.14. The van der Waals surface area contributed by atoms with Crippen LogP contribution in [-0.2, 0) is 26.1 Å². The van der Waals surface area contributed by atoms with E-state index >= 15 is 0 Å². The van der Waals surface area contributed by atoms with Crippen LogP contribution in [0.1, 0.15) is 21.9 Å². The van der Waals surface area contributed by atoms with E-state index in [9.17, 15) is 18.0 Å². The molecule has 2 rings (SSSR count). The summed E-state index contributed by atoms with van der Waals surface area (Å²) >= 11 is 1.26. The molecule has 25 heavy (non-hydrogen) atoms. The summed E-state index contributed by atoms with van der Waals surface area (Å²) in [6.07, 6.45) is 1.09.